The van der Waals surface area contributed by atoms with Crippen LogP contribution in [-0.4, -0.2) is 45.6 Å². The second-order valence-electron chi connectivity index (χ2n) is 6.77. The summed E-state index contributed by atoms with van der Waals surface area (Å²) in [5.74, 6) is 0.0551. The van der Waals surface area contributed by atoms with Crippen molar-refractivity contribution in [3.8, 4) is 0 Å². The third-order valence-electron chi connectivity index (χ3n) is 5.07. The number of amides is 1. The first-order valence-corrected chi connectivity index (χ1v) is 8.90. The molecule has 0 unspecified atom stereocenters. The van der Waals surface area contributed by atoms with Crippen LogP contribution >= 0.6 is 0 Å². The maximum Gasteiger partial charge on any atom is 0.254 e. The van der Waals surface area contributed by atoms with Crippen LogP contribution < -0.4 is 5.32 Å². The Kier molecular flexibility index (Phi) is 4.90. The van der Waals surface area contributed by atoms with E-state index in [4.69, 9.17) is 4.74 Å². The molecular formula is C19H21FN4O2. The summed E-state index contributed by atoms with van der Waals surface area (Å²) >= 11 is 0. The predicted octanol–water partition coefficient (Wildman–Crippen LogP) is 2.38. The first-order valence-electron chi connectivity index (χ1n) is 8.90. The molecule has 1 aromatic carbocycles. The van der Waals surface area contributed by atoms with Crippen molar-refractivity contribution in [2.45, 2.75) is 44.1 Å². The van der Waals surface area contributed by atoms with Crippen molar-refractivity contribution in [2.24, 2.45) is 0 Å². The number of aromatic nitrogens is 2. The molecule has 0 aliphatic carbocycles. The van der Waals surface area contributed by atoms with E-state index in [9.17, 15) is 9.18 Å². The summed E-state index contributed by atoms with van der Waals surface area (Å²) in [4.78, 5) is 22.8. The van der Waals surface area contributed by atoms with Crippen molar-refractivity contribution in [3.63, 3.8) is 0 Å². The van der Waals surface area contributed by atoms with Crippen LogP contribution in [0.15, 0.2) is 42.9 Å². The number of halogens is 1. The van der Waals surface area contributed by atoms with E-state index in [-0.39, 0.29) is 17.8 Å². The van der Waals surface area contributed by atoms with Gasteiger partial charge >= 0.3 is 0 Å². The number of ether oxygens (including phenoxy) is 1. The average molecular weight is 356 g/mol. The number of anilines is 1. The standard InChI is InChI=1S/C19H21FN4O2/c20-14-3-1-13(2-4-14)12-24-10-7-16-15(24)5-6-17(26-16)19(25)23-18-11-21-8-9-22-18/h1-4,8-9,11,15-17H,5-7,10,12H2,(H,22,23,25)/t15-,16-,17+/m1/s1. The van der Waals surface area contributed by atoms with Crippen molar-refractivity contribution >= 4 is 11.7 Å². The molecule has 1 aromatic heterocycles. The molecule has 0 saturated carbocycles. The van der Waals surface area contributed by atoms with Gasteiger partial charge in [-0.25, -0.2) is 9.37 Å². The molecule has 0 bridgehead atoms. The van der Waals surface area contributed by atoms with Gasteiger partial charge in [0.2, 0.25) is 0 Å². The molecule has 0 spiro atoms. The molecule has 7 heteroatoms. The van der Waals surface area contributed by atoms with E-state index >= 15 is 0 Å². The zero-order chi connectivity index (χ0) is 17.9. The number of hydrogen-bond acceptors (Lipinski definition) is 5. The van der Waals surface area contributed by atoms with Gasteiger partial charge in [0.25, 0.3) is 5.91 Å². The molecule has 2 aromatic rings. The van der Waals surface area contributed by atoms with Gasteiger partial charge in [-0.15, -0.1) is 0 Å². The summed E-state index contributed by atoms with van der Waals surface area (Å²) in [6.07, 6.45) is 6.70. The number of fused-ring (bicyclic) bond motifs is 1. The van der Waals surface area contributed by atoms with Crippen LogP contribution in [0.4, 0.5) is 10.2 Å². The molecule has 26 heavy (non-hydrogen) atoms. The molecule has 2 aliphatic heterocycles. The molecule has 2 saturated heterocycles. The predicted molar refractivity (Wildman–Crippen MR) is 93.8 cm³/mol. The van der Waals surface area contributed by atoms with E-state index in [0.717, 1.165) is 31.5 Å². The van der Waals surface area contributed by atoms with E-state index in [1.165, 1.54) is 24.5 Å². The van der Waals surface area contributed by atoms with Gasteiger partial charge in [0.05, 0.1) is 12.3 Å². The molecule has 2 aliphatic rings. The monoisotopic (exact) mass is 356 g/mol. The quantitative estimate of drug-likeness (QED) is 0.911. The number of carbonyl (C=O) groups excluding carboxylic acids is 1. The van der Waals surface area contributed by atoms with Crippen LogP contribution in [0.2, 0.25) is 0 Å². The van der Waals surface area contributed by atoms with Gasteiger partial charge in [0.1, 0.15) is 11.9 Å². The number of rotatable bonds is 4. The molecule has 6 nitrogen and oxygen atoms in total. The highest BCUT2D eigenvalue weighted by atomic mass is 19.1. The van der Waals surface area contributed by atoms with Crippen LogP contribution in [0.25, 0.3) is 0 Å². The van der Waals surface area contributed by atoms with Crippen molar-refractivity contribution in [1.29, 1.82) is 0 Å². The normalized spacial score (nSPS) is 25.7. The SMILES string of the molecule is O=C(Nc1cnccn1)[C@@H]1CC[C@@H]2[C@@H](CCN2Cc2ccc(F)cc2)O1. The molecular weight excluding hydrogens is 335 g/mol. The number of benzene rings is 1. The molecule has 1 N–H and O–H groups in total. The fraction of sp³-hybridized carbons (Fsp3) is 0.421. The first-order chi connectivity index (χ1) is 12.7. The molecule has 4 rings (SSSR count). The Morgan fingerprint density at radius 1 is 1.23 bits per heavy atom. The summed E-state index contributed by atoms with van der Waals surface area (Å²) < 4.78 is 19.1. The van der Waals surface area contributed by atoms with Crippen LogP contribution in [0, 0.1) is 5.82 Å². The van der Waals surface area contributed by atoms with Crippen LogP contribution in [0.1, 0.15) is 24.8 Å². The molecule has 0 radical (unpaired) electrons. The first kappa shape index (κ1) is 17.1. The zero-order valence-electron chi connectivity index (χ0n) is 14.3. The van der Waals surface area contributed by atoms with Gasteiger partial charge in [-0.3, -0.25) is 14.7 Å². The molecule has 3 heterocycles. The highest BCUT2D eigenvalue weighted by molar-refractivity contribution is 5.93. The summed E-state index contributed by atoms with van der Waals surface area (Å²) in [5.41, 5.74) is 1.09. The number of hydrogen-bond donors (Lipinski definition) is 1. The van der Waals surface area contributed by atoms with Gasteiger partial charge < -0.3 is 10.1 Å². The van der Waals surface area contributed by atoms with E-state index < -0.39 is 6.10 Å². The van der Waals surface area contributed by atoms with Crippen LogP contribution in [-0.2, 0) is 16.1 Å². The van der Waals surface area contributed by atoms with Crippen LogP contribution in [0.3, 0.4) is 0 Å². The second-order valence-corrected chi connectivity index (χ2v) is 6.77. The number of carbonyl (C=O) groups is 1. The highest BCUT2D eigenvalue weighted by Crippen LogP contribution is 2.32. The maximum atomic E-state index is 13.1. The van der Waals surface area contributed by atoms with Gasteiger partial charge in [-0.05, 0) is 37.0 Å². The minimum atomic E-state index is -0.455. The minimum absolute atomic E-state index is 0.0572. The lowest BCUT2D eigenvalue weighted by molar-refractivity contribution is -0.138. The Balaban J connectivity index is 1.34. The molecule has 2 fully saturated rings. The Hall–Kier alpha value is -2.38. The number of likely N-dealkylation sites (tertiary alicyclic amines) is 1. The molecule has 1 amide bonds. The van der Waals surface area contributed by atoms with E-state index in [1.54, 1.807) is 6.20 Å². The summed E-state index contributed by atoms with van der Waals surface area (Å²) in [6, 6.07) is 6.94. The minimum Gasteiger partial charge on any atom is -0.363 e. The lowest BCUT2D eigenvalue weighted by Crippen LogP contribution is -2.46. The Bertz CT molecular complexity index is 756. The lowest BCUT2D eigenvalue weighted by atomic mass is 9.98. The Morgan fingerprint density at radius 3 is 2.85 bits per heavy atom. The zero-order valence-corrected chi connectivity index (χ0v) is 14.3. The Morgan fingerprint density at radius 2 is 2.08 bits per heavy atom. The van der Waals surface area contributed by atoms with Crippen molar-refractivity contribution < 1.29 is 13.9 Å². The van der Waals surface area contributed by atoms with Gasteiger partial charge in [-0.2, -0.15) is 0 Å². The maximum absolute atomic E-state index is 13.1. The summed E-state index contributed by atoms with van der Waals surface area (Å²) in [7, 11) is 0. The largest absolute Gasteiger partial charge is 0.363 e. The van der Waals surface area contributed by atoms with Crippen molar-refractivity contribution in [1.82, 2.24) is 14.9 Å². The van der Waals surface area contributed by atoms with E-state index in [0.29, 0.717) is 18.3 Å². The lowest BCUT2D eigenvalue weighted by Gasteiger charge is -2.35. The highest BCUT2D eigenvalue weighted by Gasteiger charge is 2.41. The third-order valence-corrected chi connectivity index (χ3v) is 5.07. The smallest absolute Gasteiger partial charge is 0.254 e. The summed E-state index contributed by atoms with van der Waals surface area (Å²) in [5, 5.41) is 2.76. The van der Waals surface area contributed by atoms with Gasteiger partial charge in [0.15, 0.2) is 5.82 Å². The van der Waals surface area contributed by atoms with E-state index in [2.05, 4.69) is 20.2 Å². The summed E-state index contributed by atoms with van der Waals surface area (Å²) in [6.45, 7) is 1.70. The van der Waals surface area contributed by atoms with Crippen LogP contribution in [0.5, 0.6) is 0 Å². The number of nitrogens with one attached hydrogen (secondary N) is 1. The van der Waals surface area contributed by atoms with Crippen molar-refractivity contribution in [2.75, 3.05) is 11.9 Å². The Labute approximate surface area is 151 Å². The third kappa shape index (κ3) is 3.73. The molecule has 136 valence electrons. The topological polar surface area (TPSA) is 67.4 Å². The fourth-order valence-electron chi connectivity index (χ4n) is 3.80. The van der Waals surface area contributed by atoms with Gasteiger partial charge in [-0.1, -0.05) is 12.1 Å². The average Bonchev–Trinajstić information content (AvgIpc) is 3.06. The van der Waals surface area contributed by atoms with Gasteiger partial charge in [0, 0.05) is 31.5 Å². The van der Waals surface area contributed by atoms with E-state index in [1.807, 2.05) is 12.1 Å². The molecule has 3 atom stereocenters. The second kappa shape index (κ2) is 7.47. The number of nitrogens with zero attached hydrogens (tertiary/aromatic N) is 3. The van der Waals surface area contributed by atoms with Crippen molar-refractivity contribution in [3.05, 3.63) is 54.2 Å². The fourth-order valence-corrected chi connectivity index (χ4v) is 3.80.